The van der Waals surface area contributed by atoms with E-state index < -0.39 is 5.54 Å². The Morgan fingerprint density at radius 1 is 1.11 bits per heavy atom. The average Bonchev–Trinajstić information content (AvgIpc) is 3.76. The van der Waals surface area contributed by atoms with Crippen LogP contribution >= 0.6 is 11.3 Å². The lowest BCUT2D eigenvalue weighted by molar-refractivity contribution is -0.131. The van der Waals surface area contributed by atoms with Crippen LogP contribution in [0.2, 0.25) is 0 Å². The van der Waals surface area contributed by atoms with Crippen LogP contribution in [0.5, 0.6) is 0 Å². The maximum absolute atomic E-state index is 15.5. The van der Waals surface area contributed by atoms with Gasteiger partial charge in [-0.2, -0.15) is 0 Å². The summed E-state index contributed by atoms with van der Waals surface area (Å²) < 4.78 is 16.6. The molecule has 1 atom stereocenters. The molecule has 36 heavy (non-hydrogen) atoms. The number of fused-ring (bicyclic) bond motifs is 1. The highest BCUT2D eigenvalue weighted by Gasteiger charge is 2.57. The Hall–Kier alpha value is -3.06. The lowest BCUT2D eigenvalue weighted by Gasteiger charge is -2.24. The minimum atomic E-state index is -0.644. The number of aryl methyl sites for hydroxylation is 1. The van der Waals surface area contributed by atoms with Crippen LogP contribution in [0.15, 0.2) is 47.5 Å². The van der Waals surface area contributed by atoms with Gasteiger partial charge >= 0.3 is 0 Å². The van der Waals surface area contributed by atoms with Crippen molar-refractivity contribution in [2.45, 2.75) is 44.6 Å². The number of halogens is 1. The standard InChI is InChI=1S/C29H28FN3O2S/c1-17-12-22-13-20(5-7-25(22)36-17)23-6-4-21(14-24(23)30)26-31-29(9-10-29)28(35)33(26)16-18-8-11-32(15-18)27(34)19-2-3-19/h4-7,12-14,18-19H,2-3,8-11,15-16H2,1H3. The summed E-state index contributed by atoms with van der Waals surface area (Å²) in [5.74, 6) is 1.01. The fraction of sp³-hybridized carbons (Fsp3) is 0.414. The molecule has 2 amide bonds. The van der Waals surface area contributed by atoms with E-state index in [0.717, 1.165) is 49.6 Å². The third-order valence-electron chi connectivity index (χ3n) is 8.09. The van der Waals surface area contributed by atoms with Gasteiger partial charge in [0.2, 0.25) is 5.91 Å². The second kappa shape index (κ2) is 7.97. The lowest BCUT2D eigenvalue weighted by Crippen LogP contribution is -2.41. The molecule has 184 valence electrons. The molecular formula is C29H28FN3O2S. The van der Waals surface area contributed by atoms with Gasteiger partial charge in [0, 0.05) is 46.3 Å². The van der Waals surface area contributed by atoms with Gasteiger partial charge in [-0.15, -0.1) is 11.3 Å². The summed E-state index contributed by atoms with van der Waals surface area (Å²) in [5, 5.41) is 1.12. The zero-order valence-corrected chi connectivity index (χ0v) is 21.1. The molecule has 1 aromatic heterocycles. The van der Waals surface area contributed by atoms with Crippen molar-refractivity contribution >= 4 is 39.1 Å². The lowest BCUT2D eigenvalue weighted by atomic mass is 10.0. The SMILES string of the molecule is Cc1cc2cc(-c3ccc(C4=NC5(CC5)C(=O)N4CC4CCN(C(=O)C5CC5)C4)cc3F)ccc2s1. The number of carbonyl (C=O) groups is 2. The first-order chi connectivity index (χ1) is 17.4. The topological polar surface area (TPSA) is 53.0 Å². The number of thiophene rings is 1. The summed E-state index contributed by atoms with van der Waals surface area (Å²) in [6.45, 7) is 4.06. The van der Waals surface area contributed by atoms with E-state index in [1.807, 2.05) is 29.2 Å². The van der Waals surface area contributed by atoms with Gasteiger partial charge in [0.15, 0.2) is 0 Å². The van der Waals surface area contributed by atoms with Gasteiger partial charge in [-0.05, 0) is 80.2 Å². The van der Waals surface area contributed by atoms with Gasteiger partial charge in [0.25, 0.3) is 5.91 Å². The summed E-state index contributed by atoms with van der Waals surface area (Å²) in [7, 11) is 0. The van der Waals surface area contributed by atoms with Crippen molar-refractivity contribution in [3.05, 3.63) is 58.7 Å². The van der Waals surface area contributed by atoms with E-state index in [-0.39, 0.29) is 29.5 Å². The molecular weight excluding hydrogens is 473 g/mol. The van der Waals surface area contributed by atoms with Gasteiger partial charge in [-0.25, -0.2) is 4.39 Å². The smallest absolute Gasteiger partial charge is 0.256 e. The first-order valence-corrected chi connectivity index (χ1v) is 13.7. The minimum Gasteiger partial charge on any atom is -0.342 e. The number of aliphatic imine (C=N–C) groups is 1. The third-order valence-corrected chi connectivity index (χ3v) is 9.12. The van der Waals surface area contributed by atoms with Crippen LogP contribution in [-0.2, 0) is 9.59 Å². The molecule has 3 aromatic rings. The van der Waals surface area contributed by atoms with Crippen LogP contribution in [0.3, 0.4) is 0 Å². The van der Waals surface area contributed by atoms with Crippen molar-refractivity contribution in [2.75, 3.05) is 19.6 Å². The van der Waals surface area contributed by atoms with Gasteiger partial charge < -0.3 is 4.90 Å². The van der Waals surface area contributed by atoms with Crippen molar-refractivity contribution in [3.8, 4) is 11.1 Å². The second-order valence-corrected chi connectivity index (χ2v) is 12.2. The maximum atomic E-state index is 15.5. The molecule has 2 saturated carbocycles. The van der Waals surface area contributed by atoms with E-state index in [9.17, 15) is 9.59 Å². The van der Waals surface area contributed by atoms with Crippen molar-refractivity contribution in [1.82, 2.24) is 9.80 Å². The van der Waals surface area contributed by atoms with Crippen LogP contribution in [0.25, 0.3) is 21.2 Å². The van der Waals surface area contributed by atoms with E-state index >= 15 is 4.39 Å². The molecule has 4 aliphatic rings. The second-order valence-electron chi connectivity index (χ2n) is 10.9. The van der Waals surface area contributed by atoms with E-state index in [4.69, 9.17) is 4.99 Å². The molecule has 3 fully saturated rings. The van der Waals surface area contributed by atoms with Crippen molar-refractivity contribution in [1.29, 1.82) is 0 Å². The summed E-state index contributed by atoms with van der Waals surface area (Å²) in [6, 6.07) is 13.4. The Labute approximate surface area is 213 Å². The number of hydrogen-bond donors (Lipinski definition) is 0. The highest BCUT2D eigenvalue weighted by atomic mass is 32.1. The monoisotopic (exact) mass is 501 g/mol. The zero-order chi connectivity index (χ0) is 24.6. The van der Waals surface area contributed by atoms with Crippen molar-refractivity contribution < 1.29 is 14.0 Å². The van der Waals surface area contributed by atoms with Gasteiger partial charge in [-0.1, -0.05) is 18.2 Å². The Morgan fingerprint density at radius 3 is 2.67 bits per heavy atom. The van der Waals surface area contributed by atoms with Crippen LogP contribution in [0.4, 0.5) is 4.39 Å². The number of likely N-dealkylation sites (tertiary alicyclic amines) is 1. The number of amidine groups is 1. The minimum absolute atomic E-state index is 0.0345. The molecule has 1 saturated heterocycles. The van der Waals surface area contributed by atoms with Gasteiger partial charge in [-0.3, -0.25) is 19.5 Å². The number of rotatable bonds is 5. The molecule has 2 aromatic carbocycles. The Bertz CT molecular complexity index is 1450. The van der Waals surface area contributed by atoms with Crippen molar-refractivity contribution in [2.24, 2.45) is 16.8 Å². The molecule has 0 bridgehead atoms. The summed E-state index contributed by atoms with van der Waals surface area (Å²) >= 11 is 1.74. The largest absolute Gasteiger partial charge is 0.342 e. The Balaban J connectivity index is 1.15. The summed E-state index contributed by atoms with van der Waals surface area (Å²) in [5.41, 5.74) is 1.39. The number of hydrogen-bond acceptors (Lipinski definition) is 4. The number of benzene rings is 2. The maximum Gasteiger partial charge on any atom is 0.256 e. The fourth-order valence-corrected chi connectivity index (χ4v) is 6.66. The molecule has 5 nitrogen and oxygen atoms in total. The fourth-order valence-electron chi connectivity index (χ4n) is 5.75. The van der Waals surface area contributed by atoms with Gasteiger partial charge in [0.1, 0.15) is 17.2 Å². The predicted molar refractivity (Wildman–Crippen MR) is 140 cm³/mol. The van der Waals surface area contributed by atoms with Crippen LogP contribution < -0.4 is 0 Å². The van der Waals surface area contributed by atoms with Gasteiger partial charge in [0.05, 0.1) is 0 Å². The normalized spacial score (nSPS) is 22.7. The highest BCUT2D eigenvalue weighted by Crippen LogP contribution is 2.46. The molecule has 1 spiro atoms. The van der Waals surface area contributed by atoms with E-state index in [1.54, 1.807) is 22.3 Å². The van der Waals surface area contributed by atoms with Crippen LogP contribution in [-0.4, -0.2) is 52.6 Å². The summed E-state index contributed by atoms with van der Waals surface area (Å²) in [4.78, 5) is 35.6. The van der Waals surface area contributed by atoms with Crippen LogP contribution in [0.1, 0.15) is 42.5 Å². The molecule has 2 aliphatic heterocycles. The quantitative estimate of drug-likeness (QED) is 0.470. The van der Waals surface area contributed by atoms with E-state index in [1.165, 1.54) is 15.6 Å². The zero-order valence-electron chi connectivity index (χ0n) is 20.3. The molecule has 1 unspecified atom stereocenters. The Morgan fingerprint density at radius 2 is 1.92 bits per heavy atom. The third kappa shape index (κ3) is 3.67. The predicted octanol–water partition coefficient (Wildman–Crippen LogP) is 5.40. The molecule has 0 N–H and O–H groups in total. The number of nitrogens with zero attached hydrogens (tertiary/aromatic N) is 3. The number of carbonyl (C=O) groups excluding carboxylic acids is 2. The first kappa shape index (κ1) is 22.2. The van der Waals surface area contributed by atoms with Crippen molar-refractivity contribution in [3.63, 3.8) is 0 Å². The highest BCUT2D eigenvalue weighted by molar-refractivity contribution is 7.19. The Kier molecular flexibility index (Phi) is 4.91. The molecule has 7 heteroatoms. The molecule has 3 heterocycles. The average molecular weight is 502 g/mol. The molecule has 7 rings (SSSR count). The van der Waals surface area contributed by atoms with E-state index in [0.29, 0.717) is 30.1 Å². The summed E-state index contributed by atoms with van der Waals surface area (Å²) in [6.07, 6.45) is 4.41. The molecule has 2 aliphatic carbocycles. The molecule has 0 radical (unpaired) electrons. The van der Waals surface area contributed by atoms with Crippen LogP contribution in [0, 0.1) is 24.6 Å². The first-order valence-electron chi connectivity index (χ1n) is 12.9. The van der Waals surface area contributed by atoms with E-state index in [2.05, 4.69) is 13.0 Å². The number of amides is 2.